The van der Waals surface area contributed by atoms with Crippen molar-refractivity contribution in [1.29, 1.82) is 0 Å². The van der Waals surface area contributed by atoms with Crippen molar-refractivity contribution in [3.63, 3.8) is 0 Å². The molecule has 1 amide bonds. The molecule has 0 radical (unpaired) electrons. The number of nitrogens with zero attached hydrogens (tertiary/aromatic N) is 2. The van der Waals surface area contributed by atoms with Gasteiger partial charge in [-0.3, -0.25) is 25.5 Å². The molecule has 0 heterocycles. The van der Waals surface area contributed by atoms with Gasteiger partial charge in [0, 0.05) is 18.2 Å². The molecule has 1 rings (SSSR count). The van der Waals surface area contributed by atoms with Crippen LogP contribution in [-0.4, -0.2) is 23.0 Å². The molecule has 0 fully saturated rings. The summed E-state index contributed by atoms with van der Waals surface area (Å²) in [4.78, 5) is 30.5. The van der Waals surface area contributed by atoms with Crippen LogP contribution in [0.5, 0.6) is 0 Å². The quantitative estimate of drug-likeness (QED) is 0.633. The molecule has 9 heteroatoms. The summed E-state index contributed by atoms with van der Waals surface area (Å²) in [6, 6.07) is 2.79. The van der Waals surface area contributed by atoms with Crippen LogP contribution in [0.4, 0.5) is 21.9 Å². The number of nitro benzene ring substituents is 2. The van der Waals surface area contributed by atoms with Gasteiger partial charge in [0.05, 0.1) is 17.0 Å². The number of methoxy groups -OCH3 is 1. The summed E-state index contributed by atoms with van der Waals surface area (Å²) in [5.74, 6) is 0. The first-order chi connectivity index (χ1) is 7.95. The minimum atomic E-state index is -0.950. The van der Waals surface area contributed by atoms with Crippen molar-refractivity contribution in [3.05, 3.63) is 38.4 Å². The number of rotatable bonds is 3. The van der Waals surface area contributed by atoms with Gasteiger partial charge in [-0.05, 0) is 0 Å². The van der Waals surface area contributed by atoms with E-state index in [2.05, 4.69) is 4.74 Å². The normalized spacial score (nSPS) is 9.47. The van der Waals surface area contributed by atoms with Gasteiger partial charge < -0.3 is 4.74 Å². The molecule has 1 aromatic rings. The third kappa shape index (κ3) is 2.87. The molecule has 0 saturated heterocycles. The fraction of sp³-hybridized carbons (Fsp3) is 0.125. The van der Waals surface area contributed by atoms with Gasteiger partial charge in [0.15, 0.2) is 0 Å². The van der Waals surface area contributed by atoms with Crippen LogP contribution in [0.3, 0.4) is 0 Å². The molecule has 0 unspecified atom stereocenters. The van der Waals surface area contributed by atoms with Gasteiger partial charge in [-0.15, -0.1) is 0 Å². The molecule has 0 aliphatic rings. The summed E-state index contributed by atoms with van der Waals surface area (Å²) in [7, 11) is 1.07. The fourth-order valence-electron chi connectivity index (χ4n) is 1.06. The predicted molar refractivity (Wildman–Crippen MR) is 55.8 cm³/mol. The lowest BCUT2D eigenvalue weighted by molar-refractivity contribution is -0.388. The average Bonchev–Trinajstić information content (AvgIpc) is 2.28. The van der Waals surface area contributed by atoms with Gasteiger partial charge in [0.2, 0.25) is 0 Å². The lowest BCUT2D eigenvalue weighted by atomic mass is 10.2. The highest BCUT2D eigenvalue weighted by Crippen LogP contribution is 2.28. The maximum atomic E-state index is 10.9. The Labute approximate surface area is 94.3 Å². The number of nitro groups is 2. The zero-order chi connectivity index (χ0) is 13.0. The van der Waals surface area contributed by atoms with E-state index in [1.54, 1.807) is 0 Å². The lowest BCUT2D eigenvalue weighted by Gasteiger charge is -2.04. The highest BCUT2D eigenvalue weighted by molar-refractivity contribution is 5.88. The van der Waals surface area contributed by atoms with Crippen LogP contribution in [0.1, 0.15) is 0 Å². The number of carbonyl (C=O) groups excluding carboxylic acids is 1. The van der Waals surface area contributed by atoms with E-state index in [9.17, 15) is 25.0 Å². The van der Waals surface area contributed by atoms with Gasteiger partial charge >= 0.3 is 6.09 Å². The second-order valence-corrected chi connectivity index (χ2v) is 2.83. The van der Waals surface area contributed by atoms with Crippen molar-refractivity contribution in [2.75, 3.05) is 12.4 Å². The number of hydrogen-bond acceptors (Lipinski definition) is 6. The molecular formula is C8H7N3O6. The topological polar surface area (TPSA) is 125 Å². The maximum Gasteiger partial charge on any atom is 0.411 e. The largest absolute Gasteiger partial charge is 0.453 e. The summed E-state index contributed by atoms with van der Waals surface area (Å²) in [5, 5.41) is 23.1. The van der Waals surface area contributed by atoms with E-state index in [4.69, 9.17) is 0 Å². The van der Waals surface area contributed by atoms with Crippen molar-refractivity contribution >= 4 is 23.2 Å². The molecule has 0 spiro atoms. The first-order valence-electron chi connectivity index (χ1n) is 4.23. The second-order valence-electron chi connectivity index (χ2n) is 2.83. The zero-order valence-electron chi connectivity index (χ0n) is 8.58. The Morgan fingerprint density at radius 3 is 2.41 bits per heavy atom. The van der Waals surface area contributed by atoms with Crippen molar-refractivity contribution in [2.24, 2.45) is 0 Å². The highest BCUT2D eigenvalue weighted by Gasteiger charge is 2.20. The number of benzene rings is 1. The van der Waals surface area contributed by atoms with Crippen molar-refractivity contribution in [1.82, 2.24) is 0 Å². The molecule has 0 aliphatic carbocycles. The van der Waals surface area contributed by atoms with Crippen LogP contribution in [0.25, 0.3) is 0 Å². The SMILES string of the molecule is COC(=O)Nc1cc([N+](=O)[O-])ccc1[N+](=O)[O-]. The van der Waals surface area contributed by atoms with Crippen molar-refractivity contribution in [3.8, 4) is 0 Å². The molecule has 0 atom stereocenters. The molecule has 0 saturated carbocycles. The number of carbonyl (C=O) groups is 1. The van der Waals surface area contributed by atoms with Gasteiger partial charge in [-0.2, -0.15) is 0 Å². The third-order valence-corrected chi connectivity index (χ3v) is 1.81. The first-order valence-corrected chi connectivity index (χ1v) is 4.23. The van der Waals surface area contributed by atoms with Gasteiger partial charge in [0.1, 0.15) is 5.69 Å². The van der Waals surface area contributed by atoms with Gasteiger partial charge in [-0.1, -0.05) is 0 Å². The minimum Gasteiger partial charge on any atom is -0.453 e. The Morgan fingerprint density at radius 1 is 1.29 bits per heavy atom. The number of amides is 1. The van der Waals surface area contributed by atoms with Crippen LogP contribution in [0.2, 0.25) is 0 Å². The summed E-state index contributed by atoms with van der Waals surface area (Å²) >= 11 is 0. The van der Waals surface area contributed by atoms with Crippen LogP contribution in [0, 0.1) is 20.2 Å². The smallest absolute Gasteiger partial charge is 0.411 e. The van der Waals surface area contributed by atoms with E-state index in [0.29, 0.717) is 0 Å². The predicted octanol–water partition coefficient (Wildman–Crippen LogP) is 1.68. The number of ether oxygens (including phenoxy) is 1. The highest BCUT2D eigenvalue weighted by atomic mass is 16.6. The number of nitrogens with one attached hydrogen (secondary N) is 1. The second kappa shape index (κ2) is 4.88. The summed E-state index contributed by atoms with van der Waals surface area (Å²) < 4.78 is 4.25. The Balaban J connectivity index is 3.20. The summed E-state index contributed by atoms with van der Waals surface area (Å²) in [6.45, 7) is 0. The number of hydrogen-bond donors (Lipinski definition) is 1. The van der Waals surface area contributed by atoms with Crippen LogP contribution in [-0.2, 0) is 4.74 Å². The van der Waals surface area contributed by atoms with Crippen LogP contribution < -0.4 is 5.32 Å². The standard InChI is InChI=1S/C8H7N3O6/c1-17-8(12)9-6-4-5(10(13)14)2-3-7(6)11(15)16/h2-4H,1H3,(H,9,12). The molecular weight excluding hydrogens is 234 g/mol. The monoisotopic (exact) mass is 241 g/mol. The van der Waals surface area contributed by atoms with Crippen molar-refractivity contribution < 1.29 is 19.4 Å². The first kappa shape index (κ1) is 12.4. The molecule has 0 aliphatic heterocycles. The lowest BCUT2D eigenvalue weighted by Crippen LogP contribution is -2.12. The molecule has 0 bridgehead atoms. The van der Waals surface area contributed by atoms with E-state index >= 15 is 0 Å². The molecule has 1 aromatic carbocycles. The number of non-ortho nitro benzene ring substituents is 1. The Kier molecular flexibility index (Phi) is 3.55. The molecule has 1 N–H and O–H groups in total. The van der Waals surface area contributed by atoms with Crippen LogP contribution in [0.15, 0.2) is 18.2 Å². The van der Waals surface area contributed by atoms with E-state index in [1.165, 1.54) is 0 Å². The van der Waals surface area contributed by atoms with Crippen LogP contribution >= 0.6 is 0 Å². The van der Waals surface area contributed by atoms with E-state index in [0.717, 1.165) is 25.3 Å². The average molecular weight is 241 g/mol. The van der Waals surface area contributed by atoms with E-state index < -0.39 is 21.6 Å². The summed E-state index contributed by atoms with van der Waals surface area (Å²) in [5.41, 5.74) is -1.13. The molecule has 0 aromatic heterocycles. The molecule has 9 nitrogen and oxygen atoms in total. The molecule has 90 valence electrons. The number of anilines is 1. The zero-order valence-corrected chi connectivity index (χ0v) is 8.58. The minimum absolute atomic E-state index is 0.295. The van der Waals surface area contributed by atoms with E-state index in [1.807, 2.05) is 5.32 Å². The Bertz CT molecular complexity index is 486. The maximum absolute atomic E-state index is 10.9. The van der Waals surface area contributed by atoms with Gasteiger partial charge in [0.25, 0.3) is 11.4 Å². The van der Waals surface area contributed by atoms with E-state index in [-0.39, 0.29) is 11.4 Å². The van der Waals surface area contributed by atoms with Crippen molar-refractivity contribution in [2.45, 2.75) is 0 Å². The molecule has 17 heavy (non-hydrogen) atoms. The Hall–Kier alpha value is -2.71. The fourth-order valence-corrected chi connectivity index (χ4v) is 1.06. The third-order valence-electron chi connectivity index (χ3n) is 1.81. The van der Waals surface area contributed by atoms with Gasteiger partial charge in [-0.25, -0.2) is 4.79 Å². The Morgan fingerprint density at radius 2 is 1.94 bits per heavy atom. The summed E-state index contributed by atoms with van der Waals surface area (Å²) in [6.07, 6.45) is -0.950.